The molecule has 3 aromatic rings. The van der Waals surface area contributed by atoms with Crippen LogP contribution in [0.4, 0.5) is 11.5 Å². The second-order valence-corrected chi connectivity index (χ2v) is 6.33. The van der Waals surface area contributed by atoms with E-state index in [4.69, 9.17) is 16.2 Å². The molecule has 1 saturated heterocycles. The van der Waals surface area contributed by atoms with Gasteiger partial charge in [0.2, 0.25) is 0 Å². The Morgan fingerprint density at radius 2 is 1.83 bits per heavy atom. The number of hydrogen-bond donors (Lipinski definition) is 2. The number of hydrogen-bond acceptors (Lipinski definition) is 5. The molecule has 0 atom stereocenters. The van der Waals surface area contributed by atoms with Gasteiger partial charge in [0, 0.05) is 37.2 Å². The summed E-state index contributed by atoms with van der Waals surface area (Å²) in [6, 6.07) is 7.82. The Bertz CT molecular complexity index is 850. The van der Waals surface area contributed by atoms with Crippen molar-refractivity contribution in [2.24, 2.45) is 5.92 Å². The minimum atomic E-state index is 0.512. The monoisotopic (exact) mass is 323 g/mol. The first-order valence-electron chi connectivity index (χ1n) is 8.25. The van der Waals surface area contributed by atoms with Crippen LogP contribution < -0.4 is 11.5 Å². The summed E-state index contributed by atoms with van der Waals surface area (Å²) in [6.07, 6.45) is 5.83. The molecule has 124 valence electrons. The Labute approximate surface area is 140 Å². The molecule has 0 spiro atoms. The van der Waals surface area contributed by atoms with E-state index in [1.807, 2.05) is 24.3 Å². The van der Waals surface area contributed by atoms with Gasteiger partial charge in [-0.25, -0.2) is 9.97 Å². The van der Waals surface area contributed by atoms with E-state index in [-0.39, 0.29) is 0 Å². The number of fused-ring (bicyclic) bond motifs is 1. The van der Waals surface area contributed by atoms with E-state index < -0.39 is 0 Å². The summed E-state index contributed by atoms with van der Waals surface area (Å²) >= 11 is 0. The lowest BCUT2D eigenvalue weighted by Gasteiger charge is -2.22. The lowest BCUT2D eigenvalue weighted by atomic mass is 10.0. The van der Waals surface area contributed by atoms with Crippen LogP contribution in [0.3, 0.4) is 0 Å². The molecule has 0 radical (unpaired) electrons. The lowest BCUT2D eigenvalue weighted by Crippen LogP contribution is -2.20. The Kier molecular flexibility index (Phi) is 3.82. The molecule has 3 heterocycles. The first-order chi connectivity index (χ1) is 11.7. The molecular weight excluding hydrogens is 302 g/mol. The fourth-order valence-electron chi connectivity index (χ4n) is 3.37. The molecule has 1 aliphatic heterocycles. The molecule has 4 N–H and O–H groups in total. The Morgan fingerprint density at radius 1 is 1.08 bits per heavy atom. The zero-order chi connectivity index (χ0) is 16.5. The molecule has 1 aromatic carbocycles. The lowest BCUT2D eigenvalue weighted by molar-refractivity contribution is 0.0616. The van der Waals surface area contributed by atoms with E-state index >= 15 is 0 Å². The van der Waals surface area contributed by atoms with Crippen molar-refractivity contribution in [3.05, 3.63) is 36.8 Å². The fraction of sp³-hybridized carbons (Fsp3) is 0.333. The second kappa shape index (κ2) is 6.13. The van der Waals surface area contributed by atoms with Gasteiger partial charge in [0.1, 0.15) is 17.8 Å². The largest absolute Gasteiger partial charge is 0.399 e. The summed E-state index contributed by atoms with van der Waals surface area (Å²) in [5.41, 5.74) is 15.7. The van der Waals surface area contributed by atoms with Crippen LogP contribution in [0.15, 0.2) is 36.8 Å². The number of rotatable bonds is 3. The van der Waals surface area contributed by atoms with Crippen LogP contribution in [0.25, 0.3) is 22.2 Å². The minimum Gasteiger partial charge on any atom is -0.399 e. The molecule has 24 heavy (non-hydrogen) atoms. The highest BCUT2D eigenvalue weighted by atomic mass is 16.5. The number of anilines is 2. The maximum Gasteiger partial charge on any atom is 0.146 e. The smallest absolute Gasteiger partial charge is 0.146 e. The van der Waals surface area contributed by atoms with Crippen molar-refractivity contribution in [3.8, 4) is 11.1 Å². The van der Waals surface area contributed by atoms with Gasteiger partial charge in [-0.3, -0.25) is 0 Å². The highest BCUT2D eigenvalue weighted by Crippen LogP contribution is 2.33. The van der Waals surface area contributed by atoms with Crippen LogP contribution in [0, 0.1) is 5.92 Å². The molecule has 6 nitrogen and oxygen atoms in total. The predicted octanol–water partition coefficient (Wildman–Crippen LogP) is 2.69. The second-order valence-electron chi connectivity index (χ2n) is 6.33. The maximum atomic E-state index is 6.16. The van der Waals surface area contributed by atoms with E-state index in [9.17, 15) is 0 Å². The molecule has 0 amide bonds. The number of aromatic nitrogens is 3. The Balaban J connectivity index is 1.80. The minimum absolute atomic E-state index is 0.512. The normalized spacial score (nSPS) is 15.8. The quantitative estimate of drug-likeness (QED) is 0.723. The average Bonchev–Trinajstić information content (AvgIpc) is 2.97. The number of nitrogen functional groups attached to an aromatic ring is 2. The SMILES string of the molecule is Nc1ccc(-c2cn(CC3CCOCC3)c3ncnc(N)c23)cc1. The van der Waals surface area contributed by atoms with Crippen molar-refractivity contribution in [2.75, 3.05) is 24.7 Å². The molecule has 0 saturated carbocycles. The molecule has 1 aliphatic rings. The number of nitrogens with zero attached hydrogens (tertiary/aromatic N) is 3. The number of ether oxygens (including phenoxy) is 1. The molecule has 0 unspecified atom stereocenters. The van der Waals surface area contributed by atoms with E-state index in [0.29, 0.717) is 11.7 Å². The fourth-order valence-corrected chi connectivity index (χ4v) is 3.37. The van der Waals surface area contributed by atoms with Crippen LogP contribution >= 0.6 is 0 Å². The molecule has 2 aromatic heterocycles. The number of benzene rings is 1. The summed E-state index contributed by atoms with van der Waals surface area (Å²) < 4.78 is 7.67. The van der Waals surface area contributed by atoms with Gasteiger partial charge in [0.15, 0.2) is 0 Å². The third-order valence-electron chi connectivity index (χ3n) is 4.70. The standard InChI is InChI=1S/C18H21N5O/c19-14-3-1-13(2-4-14)15-10-23(9-12-5-7-24-8-6-12)18-16(15)17(20)21-11-22-18/h1-4,10-12H,5-9,19H2,(H2,20,21,22). The molecular formula is C18H21N5O. The van der Waals surface area contributed by atoms with Crippen molar-refractivity contribution in [1.29, 1.82) is 0 Å². The third kappa shape index (κ3) is 2.69. The van der Waals surface area contributed by atoms with Crippen molar-refractivity contribution in [2.45, 2.75) is 19.4 Å². The summed E-state index contributed by atoms with van der Waals surface area (Å²) in [7, 11) is 0. The Hall–Kier alpha value is -2.60. The van der Waals surface area contributed by atoms with Crippen LogP contribution in [-0.4, -0.2) is 27.7 Å². The van der Waals surface area contributed by atoms with Gasteiger partial charge in [-0.15, -0.1) is 0 Å². The Morgan fingerprint density at radius 3 is 2.58 bits per heavy atom. The topological polar surface area (TPSA) is 92.0 Å². The summed E-state index contributed by atoms with van der Waals surface area (Å²) in [4.78, 5) is 8.67. The van der Waals surface area contributed by atoms with Crippen molar-refractivity contribution >= 4 is 22.5 Å². The first kappa shape index (κ1) is 15.0. The summed E-state index contributed by atoms with van der Waals surface area (Å²) in [6.45, 7) is 2.60. The van der Waals surface area contributed by atoms with Gasteiger partial charge >= 0.3 is 0 Å². The number of nitrogens with two attached hydrogens (primary N) is 2. The van der Waals surface area contributed by atoms with Gasteiger partial charge in [-0.05, 0) is 36.5 Å². The average molecular weight is 323 g/mol. The van der Waals surface area contributed by atoms with Gasteiger partial charge in [0.05, 0.1) is 5.39 Å². The molecule has 6 heteroatoms. The van der Waals surface area contributed by atoms with Crippen molar-refractivity contribution in [1.82, 2.24) is 14.5 Å². The van der Waals surface area contributed by atoms with Gasteiger partial charge < -0.3 is 20.8 Å². The zero-order valence-electron chi connectivity index (χ0n) is 13.5. The van der Waals surface area contributed by atoms with Crippen LogP contribution in [-0.2, 0) is 11.3 Å². The van der Waals surface area contributed by atoms with Gasteiger partial charge in [-0.1, -0.05) is 12.1 Å². The van der Waals surface area contributed by atoms with E-state index in [0.717, 1.165) is 60.4 Å². The molecule has 1 fully saturated rings. The van der Waals surface area contributed by atoms with Crippen LogP contribution in [0.2, 0.25) is 0 Å². The predicted molar refractivity (Wildman–Crippen MR) is 95.3 cm³/mol. The van der Waals surface area contributed by atoms with Crippen molar-refractivity contribution < 1.29 is 4.74 Å². The van der Waals surface area contributed by atoms with Crippen LogP contribution in [0.5, 0.6) is 0 Å². The molecule has 0 bridgehead atoms. The highest BCUT2D eigenvalue weighted by Gasteiger charge is 2.19. The van der Waals surface area contributed by atoms with Crippen molar-refractivity contribution in [3.63, 3.8) is 0 Å². The maximum absolute atomic E-state index is 6.16. The van der Waals surface area contributed by atoms with Crippen LogP contribution in [0.1, 0.15) is 12.8 Å². The van der Waals surface area contributed by atoms with Gasteiger partial charge in [-0.2, -0.15) is 0 Å². The molecule has 4 rings (SSSR count). The van der Waals surface area contributed by atoms with E-state index in [1.54, 1.807) is 0 Å². The summed E-state index contributed by atoms with van der Waals surface area (Å²) in [5.74, 6) is 1.11. The molecule has 0 aliphatic carbocycles. The van der Waals surface area contributed by atoms with E-state index in [2.05, 4.69) is 20.7 Å². The summed E-state index contributed by atoms with van der Waals surface area (Å²) in [5, 5.41) is 0.911. The van der Waals surface area contributed by atoms with E-state index in [1.165, 1.54) is 6.33 Å². The highest BCUT2D eigenvalue weighted by molar-refractivity contribution is 6.00. The first-order valence-corrected chi connectivity index (χ1v) is 8.25. The van der Waals surface area contributed by atoms with Gasteiger partial charge in [0.25, 0.3) is 0 Å². The zero-order valence-corrected chi connectivity index (χ0v) is 13.5. The third-order valence-corrected chi connectivity index (χ3v) is 4.70.